The highest BCUT2D eigenvalue weighted by atomic mass is 15.3. The van der Waals surface area contributed by atoms with Gasteiger partial charge in [0.05, 0.1) is 16.5 Å². The fourth-order valence-electron chi connectivity index (χ4n) is 18.8. The number of rotatable bonds is 6. The topological polar surface area (TPSA) is 6.48 Å². The number of para-hydroxylation sites is 2. The zero-order chi connectivity index (χ0) is 55.3. The molecule has 2 heteroatoms. The molecular weight excluding hydrogens is 977 g/mol. The van der Waals surface area contributed by atoms with Crippen LogP contribution in [0.2, 0.25) is 0 Å². The van der Waals surface area contributed by atoms with E-state index in [1.165, 1.54) is 162 Å². The van der Waals surface area contributed by atoms with Gasteiger partial charge in [-0.2, -0.15) is 0 Å². The normalized spacial score (nSPS) is 23.4. The van der Waals surface area contributed by atoms with E-state index < -0.39 is 5.41 Å². The minimum Gasteiger partial charge on any atom is -0.334 e. The highest BCUT2D eigenvalue weighted by molar-refractivity contribution is 6.20. The van der Waals surface area contributed by atoms with Crippen molar-refractivity contribution in [1.29, 1.82) is 0 Å². The molecule has 4 atom stereocenters. The van der Waals surface area contributed by atoms with Crippen molar-refractivity contribution >= 4 is 44.3 Å². The molecule has 0 radical (unpaired) electrons. The highest BCUT2D eigenvalue weighted by Gasteiger charge is 2.67. The number of anilines is 4. The summed E-state index contributed by atoms with van der Waals surface area (Å²) in [4.78, 5) is 5.55. The zero-order valence-electron chi connectivity index (χ0n) is 48.8. The molecule has 0 aromatic heterocycles. The van der Waals surface area contributed by atoms with Gasteiger partial charge in [-0.3, -0.25) is 0 Å². The Labute approximate surface area is 481 Å². The minimum absolute atomic E-state index is 0.0197. The Kier molecular flexibility index (Phi) is 11.0. The van der Waals surface area contributed by atoms with Crippen molar-refractivity contribution in [1.82, 2.24) is 0 Å². The lowest BCUT2D eigenvalue weighted by molar-refractivity contribution is 0.0607. The first-order chi connectivity index (χ1) is 39.2. The molecule has 2 aliphatic heterocycles. The smallest absolute Gasteiger partial charge is 0.0720 e. The predicted molar refractivity (Wildman–Crippen MR) is 343 cm³/mol. The van der Waals surface area contributed by atoms with Crippen molar-refractivity contribution in [2.24, 2.45) is 10.8 Å². The van der Waals surface area contributed by atoms with Crippen LogP contribution in [0.4, 0.5) is 22.7 Å². The molecule has 10 aromatic carbocycles. The van der Waals surface area contributed by atoms with E-state index in [2.05, 4.69) is 284 Å². The number of benzene rings is 10. The Morgan fingerprint density at radius 2 is 0.741 bits per heavy atom. The van der Waals surface area contributed by atoms with E-state index in [9.17, 15) is 0 Å². The number of fused-ring (bicyclic) bond motifs is 14. The van der Waals surface area contributed by atoms with E-state index in [0.29, 0.717) is 0 Å². The van der Waals surface area contributed by atoms with Crippen LogP contribution in [-0.2, 0) is 16.2 Å². The first-order valence-electron chi connectivity index (χ1n) is 30.4. The molecule has 10 aromatic rings. The Morgan fingerprint density at radius 1 is 0.346 bits per heavy atom. The molecule has 2 heterocycles. The van der Waals surface area contributed by atoms with Crippen LogP contribution in [0.15, 0.2) is 218 Å². The number of hydrogen-bond donors (Lipinski definition) is 0. The van der Waals surface area contributed by atoms with Gasteiger partial charge in [0.15, 0.2) is 0 Å². The largest absolute Gasteiger partial charge is 0.334 e. The lowest BCUT2D eigenvalue weighted by Gasteiger charge is -2.59. The average Bonchev–Trinajstić information content (AvgIpc) is 3.65. The third-order valence-electron chi connectivity index (χ3n) is 21.9. The van der Waals surface area contributed by atoms with Crippen LogP contribution in [0.1, 0.15) is 140 Å². The molecule has 0 saturated heterocycles. The van der Waals surface area contributed by atoms with E-state index in [4.69, 9.17) is 0 Å². The maximum Gasteiger partial charge on any atom is 0.0720 e. The Balaban J connectivity index is 0.948. The second-order valence-electron chi connectivity index (χ2n) is 27.4. The predicted octanol–water partition coefficient (Wildman–Crippen LogP) is 21.2. The average molecular weight is 1050 g/mol. The highest BCUT2D eigenvalue weighted by Crippen LogP contribution is 2.69. The number of hydrogen-bond acceptors (Lipinski definition) is 2. The van der Waals surface area contributed by atoms with Gasteiger partial charge in [0.1, 0.15) is 0 Å². The van der Waals surface area contributed by atoms with Gasteiger partial charge in [0.25, 0.3) is 0 Å². The molecule has 2 fully saturated rings. The molecule has 2 nitrogen and oxygen atoms in total. The Hall–Kier alpha value is -7.68. The van der Waals surface area contributed by atoms with Gasteiger partial charge in [0.2, 0.25) is 0 Å². The van der Waals surface area contributed by atoms with E-state index >= 15 is 0 Å². The van der Waals surface area contributed by atoms with E-state index in [1.54, 1.807) is 0 Å². The standard InChI is InChI=1S/C79H76N2/c1-73(2,3)77-47-25-23-45-75(77,7)67-51-55(39-43-69(67)80(77)59-31-17-11-18-32-59)53-37-41-63-65(49-53)61-35-21-22-36-62(61)71-64-42-38-54(50-66(64)79(72(63)71,57-27-13-9-14-28-57)58-29-15-10-16-30-58)56-40-44-70-68(52-56)76(8)46-24-26-48-78(76,74(4,5)6)81(70)60-33-19-12-20-34-60/h9-22,27-44,49-52H,23-26,45-48H2,1-8H3. The van der Waals surface area contributed by atoms with Crippen molar-refractivity contribution in [2.45, 2.75) is 134 Å². The third kappa shape index (κ3) is 6.57. The summed E-state index contributed by atoms with van der Waals surface area (Å²) in [6.45, 7) is 20.2. The summed E-state index contributed by atoms with van der Waals surface area (Å²) in [5, 5.41) is 5.21. The molecule has 402 valence electrons. The van der Waals surface area contributed by atoms with E-state index in [-0.39, 0.29) is 32.7 Å². The minimum atomic E-state index is -0.620. The quantitative estimate of drug-likeness (QED) is 0.153. The fraction of sp³-hybridized carbons (Fsp3) is 0.291. The van der Waals surface area contributed by atoms with Gasteiger partial charge in [-0.15, -0.1) is 0 Å². The van der Waals surface area contributed by atoms with Gasteiger partial charge in [-0.05, 0) is 185 Å². The Morgan fingerprint density at radius 3 is 1.22 bits per heavy atom. The molecule has 0 amide bonds. The second kappa shape index (κ2) is 17.7. The SMILES string of the molecule is CC(C)(C)C12CCCCC1(C)c1cc(-c3ccc4c(c3)C(c3ccccc3)(c3ccccc3)c3c-4c4ccccc4c4cc(-c5ccc6c(c5)C5(C)CCCCC5(C(C)(C)C)N6c5ccccc5)ccc34)ccc1N2c1ccccc1. The second-order valence-corrected chi connectivity index (χ2v) is 27.4. The Bertz CT molecular complexity index is 4090. The van der Waals surface area contributed by atoms with Crippen molar-refractivity contribution in [3.8, 4) is 33.4 Å². The summed E-state index contributed by atoms with van der Waals surface area (Å²) in [5.74, 6) is 0. The summed E-state index contributed by atoms with van der Waals surface area (Å²) < 4.78 is 0. The van der Waals surface area contributed by atoms with Gasteiger partial charge in [-0.1, -0.05) is 239 Å². The molecule has 0 N–H and O–H groups in total. The van der Waals surface area contributed by atoms with Crippen LogP contribution in [0.25, 0.3) is 54.9 Å². The van der Waals surface area contributed by atoms with E-state index in [0.717, 1.165) is 0 Å². The maximum absolute atomic E-state index is 2.78. The third-order valence-corrected chi connectivity index (χ3v) is 21.9. The van der Waals surface area contributed by atoms with Crippen LogP contribution in [-0.4, -0.2) is 11.1 Å². The fourth-order valence-corrected chi connectivity index (χ4v) is 18.8. The van der Waals surface area contributed by atoms with E-state index in [1.807, 2.05) is 0 Å². The molecule has 3 aliphatic carbocycles. The molecule has 2 saturated carbocycles. The summed E-state index contributed by atoms with van der Waals surface area (Å²) in [6.07, 6.45) is 9.68. The lowest BCUT2D eigenvalue weighted by Crippen LogP contribution is -2.64. The first-order valence-corrected chi connectivity index (χ1v) is 30.4. The first kappa shape index (κ1) is 50.3. The molecular formula is C79H76N2. The monoisotopic (exact) mass is 1050 g/mol. The van der Waals surface area contributed by atoms with Gasteiger partial charge >= 0.3 is 0 Å². The van der Waals surface area contributed by atoms with Crippen LogP contribution in [0, 0.1) is 10.8 Å². The van der Waals surface area contributed by atoms with Gasteiger partial charge in [-0.25, -0.2) is 0 Å². The van der Waals surface area contributed by atoms with Crippen molar-refractivity contribution in [3.05, 3.63) is 252 Å². The molecule has 5 aliphatic rings. The maximum atomic E-state index is 2.78. The zero-order valence-corrected chi connectivity index (χ0v) is 48.8. The molecule has 81 heavy (non-hydrogen) atoms. The van der Waals surface area contributed by atoms with Crippen LogP contribution >= 0.6 is 0 Å². The summed E-state index contributed by atoms with van der Waals surface area (Å²) in [5.41, 5.74) is 20.6. The van der Waals surface area contributed by atoms with Crippen molar-refractivity contribution in [3.63, 3.8) is 0 Å². The number of nitrogens with zero attached hydrogens (tertiary/aromatic N) is 2. The molecule has 15 rings (SSSR count). The summed E-state index contributed by atoms with van der Waals surface area (Å²) >= 11 is 0. The molecule has 0 spiro atoms. The summed E-state index contributed by atoms with van der Waals surface area (Å²) in [6, 6.07) is 84.8. The van der Waals surface area contributed by atoms with Crippen molar-refractivity contribution in [2.75, 3.05) is 9.80 Å². The van der Waals surface area contributed by atoms with Crippen LogP contribution < -0.4 is 9.80 Å². The van der Waals surface area contributed by atoms with Crippen molar-refractivity contribution < 1.29 is 0 Å². The molecule has 4 unspecified atom stereocenters. The molecule has 0 bridgehead atoms. The summed E-state index contributed by atoms with van der Waals surface area (Å²) in [7, 11) is 0. The van der Waals surface area contributed by atoms with Crippen LogP contribution in [0.5, 0.6) is 0 Å². The van der Waals surface area contributed by atoms with Crippen LogP contribution in [0.3, 0.4) is 0 Å². The van der Waals surface area contributed by atoms with Gasteiger partial charge in [0, 0.05) is 33.6 Å². The van der Waals surface area contributed by atoms with Gasteiger partial charge < -0.3 is 9.80 Å². The lowest BCUT2D eigenvalue weighted by atomic mass is 9.52.